The number of ether oxygens (including phenoxy) is 2. The van der Waals surface area contributed by atoms with E-state index < -0.39 is 21.5 Å². The molecule has 1 heterocycles. The normalized spacial score (nSPS) is 13.0. The third-order valence-corrected chi connectivity index (χ3v) is 6.25. The van der Waals surface area contributed by atoms with Crippen molar-refractivity contribution in [2.45, 2.75) is 38.1 Å². The number of rotatable bonds is 8. The lowest BCUT2D eigenvalue weighted by Crippen LogP contribution is -2.36. The Hall–Kier alpha value is -2.24. The number of hydrogen-bond donors (Lipinski definition) is 2. The highest BCUT2D eigenvalue weighted by Gasteiger charge is 2.26. The molecule has 1 amide bonds. The van der Waals surface area contributed by atoms with Gasteiger partial charge in [-0.05, 0) is 31.2 Å². The molecule has 0 aliphatic rings. The zero-order chi connectivity index (χ0) is 20.9. The third kappa shape index (κ3) is 6.14. The summed E-state index contributed by atoms with van der Waals surface area (Å²) in [4.78, 5) is 12.0. The molecule has 2 N–H and O–H groups in total. The zero-order valence-electron chi connectivity index (χ0n) is 16.3. The van der Waals surface area contributed by atoms with Crippen molar-refractivity contribution in [1.82, 2.24) is 14.9 Å². The van der Waals surface area contributed by atoms with Crippen LogP contribution in [0.25, 0.3) is 0 Å². The third-order valence-electron chi connectivity index (χ3n) is 3.45. The first-order valence-electron chi connectivity index (χ1n) is 8.45. The van der Waals surface area contributed by atoms with Crippen LogP contribution in [0, 0.1) is 5.41 Å². The van der Waals surface area contributed by atoms with Crippen LogP contribution in [0.5, 0.6) is 11.5 Å². The predicted molar refractivity (Wildman–Crippen MR) is 106 cm³/mol. The number of anilines is 1. The Kier molecular flexibility index (Phi) is 6.96. The molecule has 0 saturated carbocycles. The number of carbonyl (C=O) groups excluding carboxylic acids is 1. The van der Waals surface area contributed by atoms with E-state index in [-0.39, 0.29) is 22.0 Å². The molecule has 0 unspecified atom stereocenters. The molecule has 9 nitrogen and oxygen atoms in total. The monoisotopic (exact) mass is 428 g/mol. The summed E-state index contributed by atoms with van der Waals surface area (Å²) >= 11 is 0.785. The average molecular weight is 429 g/mol. The van der Waals surface area contributed by atoms with E-state index in [9.17, 15) is 13.2 Å². The van der Waals surface area contributed by atoms with Crippen molar-refractivity contribution < 1.29 is 22.7 Å². The second-order valence-electron chi connectivity index (χ2n) is 7.09. The van der Waals surface area contributed by atoms with Crippen LogP contribution < -0.4 is 19.5 Å². The standard InChI is InChI=1S/C17H24N4O5S2/c1-11(10-26-13-8-6-12(25-5)7-9-13)21-28(23,24)16-20-19-15(27-16)18-14(22)17(2,3)4/h6-9,11,21H,10H2,1-5H3,(H,18,19,22)/t11-/m0/s1. The van der Waals surface area contributed by atoms with Crippen LogP contribution in [0.15, 0.2) is 28.6 Å². The molecule has 0 fully saturated rings. The highest BCUT2D eigenvalue weighted by Crippen LogP contribution is 2.23. The van der Waals surface area contributed by atoms with Gasteiger partial charge in [-0.3, -0.25) is 4.79 Å². The molecule has 1 atom stereocenters. The van der Waals surface area contributed by atoms with Gasteiger partial charge in [-0.1, -0.05) is 32.1 Å². The maximum absolute atomic E-state index is 12.4. The molecule has 154 valence electrons. The topological polar surface area (TPSA) is 120 Å². The van der Waals surface area contributed by atoms with E-state index in [1.807, 2.05) is 0 Å². The quantitative estimate of drug-likeness (QED) is 0.619. The number of benzene rings is 1. The number of sulfonamides is 1. The number of methoxy groups -OCH3 is 1. The van der Waals surface area contributed by atoms with Crippen LogP contribution in [0.2, 0.25) is 0 Å². The van der Waals surface area contributed by atoms with Crippen molar-refractivity contribution in [2.24, 2.45) is 5.41 Å². The Labute approximate surface area is 168 Å². The number of hydrogen-bond acceptors (Lipinski definition) is 8. The first-order chi connectivity index (χ1) is 13.0. The van der Waals surface area contributed by atoms with Crippen LogP contribution in [0.1, 0.15) is 27.7 Å². The summed E-state index contributed by atoms with van der Waals surface area (Å²) in [5.41, 5.74) is -0.629. The minimum absolute atomic E-state index is 0.123. The van der Waals surface area contributed by atoms with Gasteiger partial charge in [0.25, 0.3) is 10.0 Å². The molecular formula is C17H24N4O5S2. The molecule has 28 heavy (non-hydrogen) atoms. The molecular weight excluding hydrogens is 404 g/mol. The van der Waals surface area contributed by atoms with Crippen molar-refractivity contribution in [3.63, 3.8) is 0 Å². The van der Waals surface area contributed by atoms with Crippen LogP contribution in [0.4, 0.5) is 5.13 Å². The fraction of sp³-hybridized carbons (Fsp3) is 0.471. The Bertz CT molecular complexity index is 904. The van der Waals surface area contributed by atoms with Crippen LogP contribution in [0.3, 0.4) is 0 Å². The Morgan fingerprint density at radius 2 is 1.79 bits per heavy atom. The Balaban J connectivity index is 1.94. The molecule has 2 aromatic rings. The summed E-state index contributed by atoms with van der Waals surface area (Å²) < 4.78 is 37.8. The molecule has 0 bridgehead atoms. The molecule has 0 radical (unpaired) electrons. The van der Waals surface area contributed by atoms with E-state index in [2.05, 4.69) is 20.2 Å². The fourth-order valence-electron chi connectivity index (χ4n) is 1.90. The molecule has 0 aliphatic carbocycles. The van der Waals surface area contributed by atoms with Gasteiger partial charge in [-0.25, -0.2) is 13.1 Å². The van der Waals surface area contributed by atoms with Gasteiger partial charge in [0.1, 0.15) is 18.1 Å². The number of nitrogens with one attached hydrogen (secondary N) is 2. The van der Waals surface area contributed by atoms with Gasteiger partial charge >= 0.3 is 0 Å². The van der Waals surface area contributed by atoms with Crippen molar-refractivity contribution in [2.75, 3.05) is 19.0 Å². The lowest BCUT2D eigenvalue weighted by molar-refractivity contribution is -0.123. The summed E-state index contributed by atoms with van der Waals surface area (Å²) in [5.74, 6) is 1.02. The second kappa shape index (κ2) is 8.84. The van der Waals surface area contributed by atoms with E-state index in [0.717, 1.165) is 11.3 Å². The van der Waals surface area contributed by atoms with Crippen molar-refractivity contribution >= 4 is 32.4 Å². The van der Waals surface area contributed by atoms with Gasteiger partial charge in [-0.2, -0.15) is 0 Å². The van der Waals surface area contributed by atoms with Gasteiger partial charge in [0.15, 0.2) is 0 Å². The minimum Gasteiger partial charge on any atom is -0.497 e. The first kappa shape index (κ1) is 22.1. The highest BCUT2D eigenvalue weighted by atomic mass is 32.2. The molecule has 1 aromatic carbocycles. The lowest BCUT2D eigenvalue weighted by atomic mass is 9.96. The van der Waals surface area contributed by atoms with E-state index in [0.29, 0.717) is 11.5 Å². The smallest absolute Gasteiger partial charge is 0.270 e. The largest absolute Gasteiger partial charge is 0.497 e. The van der Waals surface area contributed by atoms with E-state index >= 15 is 0 Å². The van der Waals surface area contributed by atoms with Crippen molar-refractivity contribution in [3.05, 3.63) is 24.3 Å². The predicted octanol–water partition coefficient (Wildman–Crippen LogP) is 2.28. The number of amides is 1. The van der Waals surface area contributed by atoms with Crippen molar-refractivity contribution in [1.29, 1.82) is 0 Å². The Morgan fingerprint density at radius 3 is 2.36 bits per heavy atom. The van der Waals surface area contributed by atoms with Gasteiger partial charge in [-0.15, -0.1) is 10.2 Å². The van der Waals surface area contributed by atoms with Crippen molar-refractivity contribution in [3.8, 4) is 11.5 Å². The minimum atomic E-state index is -3.88. The summed E-state index contributed by atoms with van der Waals surface area (Å²) in [6.07, 6.45) is 0. The van der Waals surface area contributed by atoms with E-state index in [4.69, 9.17) is 9.47 Å². The van der Waals surface area contributed by atoms with Crippen LogP contribution >= 0.6 is 11.3 Å². The average Bonchev–Trinajstić information content (AvgIpc) is 3.09. The van der Waals surface area contributed by atoms with E-state index in [1.165, 1.54) is 0 Å². The SMILES string of the molecule is COc1ccc(OC[C@H](C)NS(=O)(=O)c2nnc(NC(=O)C(C)(C)C)s2)cc1. The maximum atomic E-state index is 12.4. The van der Waals surface area contributed by atoms with E-state index in [1.54, 1.807) is 59.1 Å². The van der Waals surface area contributed by atoms with Gasteiger partial charge < -0.3 is 14.8 Å². The lowest BCUT2D eigenvalue weighted by Gasteiger charge is -2.15. The summed E-state index contributed by atoms with van der Waals surface area (Å²) in [7, 11) is -2.31. The molecule has 11 heteroatoms. The van der Waals surface area contributed by atoms with Crippen LogP contribution in [-0.2, 0) is 14.8 Å². The molecule has 2 rings (SSSR count). The number of aromatic nitrogens is 2. The second-order valence-corrected chi connectivity index (χ2v) is 9.95. The van der Waals surface area contributed by atoms with Gasteiger partial charge in [0.2, 0.25) is 15.4 Å². The Morgan fingerprint density at radius 1 is 1.18 bits per heavy atom. The maximum Gasteiger partial charge on any atom is 0.270 e. The van der Waals surface area contributed by atoms with Gasteiger partial charge in [0.05, 0.1) is 13.2 Å². The van der Waals surface area contributed by atoms with Crippen LogP contribution in [-0.4, -0.2) is 44.3 Å². The van der Waals surface area contributed by atoms with Gasteiger partial charge in [0, 0.05) is 5.41 Å². The highest BCUT2D eigenvalue weighted by molar-refractivity contribution is 7.91. The molecule has 0 saturated heterocycles. The summed E-state index contributed by atoms with van der Waals surface area (Å²) in [6.45, 7) is 7.02. The molecule has 0 spiro atoms. The summed E-state index contributed by atoms with van der Waals surface area (Å²) in [6, 6.07) is 6.45. The summed E-state index contributed by atoms with van der Waals surface area (Å²) in [5, 5.41) is 10.1. The number of nitrogens with zero attached hydrogens (tertiary/aromatic N) is 2. The molecule has 1 aromatic heterocycles. The molecule has 0 aliphatic heterocycles. The zero-order valence-corrected chi connectivity index (χ0v) is 18.0. The fourth-order valence-corrected chi connectivity index (χ4v) is 4.04. The number of carbonyl (C=O) groups is 1. The first-order valence-corrected chi connectivity index (χ1v) is 10.8.